The lowest BCUT2D eigenvalue weighted by Crippen LogP contribution is -2.41. The van der Waals surface area contributed by atoms with E-state index in [0.29, 0.717) is 11.5 Å². The molecule has 0 aromatic heterocycles. The molecule has 0 aliphatic rings. The standard InChI is InChI=1S/C26H30N2O6S/c1-18-6-13-23(14-7-18)35(30,31)28(24-16-22(33-4)12-15-25(24)34-5)17-26(29)27-19(2)20-8-10-21(32-3)11-9-20/h6-16,19H,17H2,1-5H3,(H,27,29). The Bertz CT molecular complexity index is 1260. The highest BCUT2D eigenvalue weighted by molar-refractivity contribution is 7.92. The first-order valence-corrected chi connectivity index (χ1v) is 12.4. The van der Waals surface area contributed by atoms with E-state index in [-0.39, 0.29) is 22.4 Å². The Hall–Kier alpha value is -3.72. The van der Waals surface area contributed by atoms with Crippen LogP contribution in [0.4, 0.5) is 5.69 Å². The summed E-state index contributed by atoms with van der Waals surface area (Å²) in [5.41, 5.74) is 1.96. The predicted molar refractivity (Wildman–Crippen MR) is 135 cm³/mol. The van der Waals surface area contributed by atoms with E-state index in [2.05, 4.69) is 5.32 Å². The Morgan fingerprint density at radius 2 is 1.49 bits per heavy atom. The number of sulfonamides is 1. The van der Waals surface area contributed by atoms with Gasteiger partial charge in [0.1, 0.15) is 23.8 Å². The lowest BCUT2D eigenvalue weighted by atomic mass is 10.1. The van der Waals surface area contributed by atoms with E-state index in [1.165, 1.54) is 32.4 Å². The van der Waals surface area contributed by atoms with Gasteiger partial charge in [0, 0.05) is 6.07 Å². The Labute approximate surface area is 206 Å². The summed E-state index contributed by atoms with van der Waals surface area (Å²) in [6.45, 7) is 3.23. The molecule has 0 spiro atoms. The fourth-order valence-corrected chi connectivity index (χ4v) is 4.95. The summed E-state index contributed by atoms with van der Waals surface area (Å²) in [7, 11) is 0.385. The number of rotatable bonds is 10. The van der Waals surface area contributed by atoms with Crippen LogP contribution in [-0.4, -0.2) is 42.2 Å². The highest BCUT2D eigenvalue weighted by atomic mass is 32.2. The number of carbonyl (C=O) groups excluding carboxylic acids is 1. The zero-order chi connectivity index (χ0) is 25.6. The SMILES string of the molecule is COc1ccc(C(C)NC(=O)CN(c2cc(OC)ccc2OC)S(=O)(=O)c2ccc(C)cc2)cc1. The third-order valence-corrected chi connectivity index (χ3v) is 7.32. The van der Waals surface area contributed by atoms with Crippen LogP contribution in [0, 0.1) is 6.92 Å². The van der Waals surface area contributed by atoms with Gasteiger partial charge in [0.05, 0.1) is 38.0 Å². The maximum Gasteiger partial charge on any atom is 0.264 e. The van der Waals surface area contributed by atoms with Gasteiger partial charge in [0.2, 0.25) is 5.91 Å². The molecule has 186 valence electrons. The molecule has 3 aromatic rings. The van der Waals surface area contributed by atoms with E-state index >= 15 is 0 Å². The molecule has 0 aliphatic carbocycles. The molecule has 3 aromatic carbocycles. The van der Waals surface area contributed by atoms with Crippen molar-refractivity contribution in [2.75, 3.05) is 32.2 Å². The monoisotopic (exact) mass is 498 g/mol. The summed E-state index contributed by atoms with van der Waals surface area (Å²) < 4.78 is 44.4. The second-order valence-corrected chi connectivity index (χ2v) is 9.79. The molecular formula is C26H30N2O6S. The molecule has 3 rings (SSSR count). The van der Waals surface area contributed by atoms with Crippen LogP contribution < -0.4 is 23.8 Å². The average Bonchev–Trinajstić information content (AvgIpc) is 2.87. The van der Waals surface area contributed by atoms with Gasteiger partial charge in [-0.2, -0.15) is 0 Å². The van der Waals surface area contributed by atoms with Crippen molar-refractivity contribution < 1.29 is 27.4 Å². The molecule has 9 heteroatoms. The van der Waals surface area contributed by atoms with Crippen molar-refractivity contribution in [1.29, 1.82) is 0 Å². The first-order chi connectivity index (χ1) is 16.7. The van der Waals surface area contributed by atoms with Crippen LogP contribution in [-0.2, 0) is 14.8 Å². The van der Waals surface area contributed by atoms with Crippen molar-refractivity contribution in [3.63, 3.8) is 0 Å². The molecule has 0 bridgehead atoms. The second-order valence-electron chi connectivity index (χ2n) is 7.92. The molecule has 0 aliphatic heterocycles. The number of carbonyl (C=O) groups is 1. The number of benzene rings is 3. The molecule has 1 N–H and O–H groups in total. The molecular weight excluding hydrogens is 468 g/mol. The van der Waals surface area contributed by atoms with Crippen LogP contribution in [0.15, 0.2) is 71.6 Å². The second kappa shape index (κ2) is 11.1. The smallest absolute Gasteiger partial charge is 0.264 e. The van der Waals surface area contributed by atoms with Gasteiger partial charge < -0.3 is 19.5 Å². The van der Waals surface area contributed by atoms with E-state index in [1.807, 2.05) is 26.0 Å². The van der Waals surface area contributed by atoms with Crippen LogP contribution >= 0.6 is 0 Å². The Balaban J connectivity index is 1.97. The van der Waals surface area contributed by atoms with Crippen LogP contribution in [0.5, 0.6) is 17.2 Å². The zero-order valence-electron chi connectivity index (χ0n) is 20.4. The fraction of sp³-hybridized carbons (Fsp3) is 0.269. The fourth-order valence-electron chi connectivity index (χ4n) is 3.52. The number of methoxy groups -OCH3 is 3. The normalized spacial score (nSPS) is 11.9. The van der Waals surface area contributed by atoms with Crippen molar-refractivity contribution in [1.82, 2.24) is 5.32 Å². The largest absolute Gasteiger partial charge is 0.497 e. The molecule has 8 nitrogen and oxygen atoms in total. The molecule has 0 radical (unpaired) electrons. The molecule has 0 fully saturated rings. The first kappa shape index (κ1) is 25.9. The zero-order valence-corrected chi connectivity index (χ0v) is 21.3. The summed E-state index contributed by atoms with van der Waals surface area (Å²) in [6, 6.07) is 18.2. The summed E-state index contributed by atoms with van der Waals surface area (Å²) in [5.74, 6) is 0.941. The van der Waals surface area contributed by atoms with E-state index in [0.717, 1.165) is 15.4 Å². The highest BCUT2D eigenvalue weighted by Crippen LogP contribution is 2.35. The first-order valence-electron chi connectivity index (χ1n) is 10.9. The number of anilines is 1. The van der Waals surface area contributed by atoms with E-state index in [9.17, 15) is 13.2 Å². The Kier molecular flexibility index (Phi) is 8.24. The minimum atomic E-state index is -4.11. The van der Waals surface area contributed by atoms with Crippen molar-refractivity contribution in [2.45, 2.75) is 24.8 Å². The van der Waals surface area contributed by atoms with Crippen molar-refractivity contribution >= 4 is 21.6 Å². The number of amides is 1. The molecule has 1 unspecified atom stereocenters. The maximum atomic E-state index is 13.7. The van der Waals surface area contributed by atoms with Gasteiger partial charge in [-0.05, 0) is 55.8 Å². The van der Waals surface area contributed by atoms with Gasteiger partial charge in [-0.3, -0.25) is 9.10 Å². The number of hydrogen-bond donors (Lipinski definition) is 1. The summed E-state index contributed by atoms with van der Waals surface area (Å²) >= 11 is 0. The number of nitrogens with zero attached hydrogens (tertiary/aromatic N) is 1. The van der Waals surface area contributed by atoms with Crippen LogP contribution in [0.25, 0.3) is 0 Å². The molecule has 0 saturated heterocycles. The lowest BCUT2D eigenvalue weighted by Gasteiger charge is -2.27. The highest BCUT2D eigenvalue weighted by Gasteiger charge is 2.30. The number of ether oxygens (including phenoxy) is 3. The van der Waals surface area contributed by atoms with Gasteiger partial charge in [0.15, 0.2) is 0 Å². The van der Waals surface area contributed by atoms with E-state index in [4.69, 9.17) is 14.2 Å². The van der Waals surface area contributed by atoms with Crippen molar-refractivity contribution in [3.8, 4) is 17.2 Å². The minimum Gasteiger partial charge on any atom is -0.497 e. The molecule has 0 heterocycles. The molecule has 1 amide bonds. The van der Waals surface area contributed by atoms with Crippen molar-refractivity contribution in [2.24, 2.45) is 0 Å². The van der Waals surface area contributed by atoms with Gasteiger partial charge >= 0.3 is 0 Å². The van der Waals surface area contributed by atoms with Gasteiger partial charge in [-0.1, -0.05) is 29.8 Å². The lowest BCUT2D eigenvalue weighted by molar-refractivity contribution is -0.120. The molecule has 1 atom stereocenters. The topological polar surface area (TPSA) is 94.2 Å². The number of aryl methyl sites for hydroxylation is 1. The van der Waals surface area contributed by atoms with Crippen LogP contribution in [0.2, 0.25) is 0 Å². The van der Waals surface area contributed by atoms with Crippen LogP contribution in [0.3, 0.4) is 0 Å². The van der Waals surface area contributed by atoms with Crippen LogP contribution in [0.1, 0.15) is 24.1 Å². The third-order valence-electron chi connectivity index (χ3n) is 5.54. The predicted octanol–water partition coefficient (Wildman–Crippen LogP) is 4.09. The number of nitrogens with one attached hydrogen (secondary N) is 1. The molecule has 0 saturated carbocycles. The Morgan fingerprint density at radius 1 is 0.886 bits per heavy atom. The van der Waals surface area contributed by atoms with Gasteiger partial charge in [-0.15, -0.1) is 0 Å². The average molecular weight is 499 g/mol. The minimum absolute atomic E-state index is 0.0592. The molecule has 35 heavy (non-hydrogen) atoms. The summed E-state index contributed by atoms with van der Waals surface area (Å²) in [6.07, 6.45) is 0. The number of hydrogen-bond acceptors (Lipinski definition) is 6. The van der Waals surface area contributed by atoms with Crippen molar-refractivity contribution in [3.05, 3.63) is 77.9 Å². The van der Waals surface area contributed by atoms with Gasteiger partial charge in [0.25, 0.3) is 10.0 Å². The maximum absolute atomic E-state index is 13.7. The van der Waals surface area contributed by atoms with Gasteiger partial charge in [-0.25, -0.2) is 8.42 Å². The summed E-state index contributed by atoms with van der Waals surface area (Å²) in [4.78, 5) is 13.2. The van der Waals surface area contributed by atoms with E-state index < -0.39 is 22.5 Å². The van der Waals surface area contributed by atoms with E-state index in [1.54, 1.807) is 43.5 Å². The quantitative estimate of drug-likeness (QED) is 0.452. The summed E-state index contributed by atoms with van der Waals surface area (Å²) in [5, 5.41) is 2.87. The Morgan fingerprint density at radius 3 is 2.06 bits per heavy atom. The third kappa shape index (κ3) is 6.05.